The molecule has 0 spiro atoms. The Morgan fingerprint density at radius 1 is 1.29 bits per heavy atom. The molecule has 1 aliphatic rings. The summed E-state index contributed by atoms with van der Waals surface area (Å²) in [6, 6.07) is 6.94. The number of nitrogens with one attached hydrogen (secondary N) is 2. The Kier molecular flexibility index (Phi) is 10.7. The molecular formula is C20H32FIN4O2. The fourth-order valence-corrected chi connectivity index (χ4v) is 2.82. The van der Waals surface area contributed by atoms with Crippen molar-refractivity contribution in [3.63, 3.8) is 0 Å². The molecule has 0 aliphatic heterocycles. The summed E-state index contributed by atoms with van der Waals surface area (Å²) in [5, 5.41) is 6.53. The highest BCUT2D eigenvalue weighted by Crippen LogP contribution is 2.48. The summed E-state index contributed by atoms with van der Waals surface area (Å²) in [7, 11) is 3.41. The lowest BCUT2D eigenvalue weighted by Crippen LogP contribution is -2.42. The molecule has 0 saturated heterocycles. The number of carbonyl (C=O) groups excluding carboxylic acids is 1. The quantitative estimate of drug-likeness (QED) is 0.222. The molecule has 1 fully saturated rings. The minimum Gasteiger partial charge on any atom is -0.382 e. The van der Waals surface area contributed by atoms with E-state index >= 15 is 0 Å². The minimum atomic E-state index is -0.190. The number of hydrogen-bond acceptors (Lipinski definition) is 3. The Balaban J connectivity index is 0.00000392. The zero-order valence-electron chi connectivity index (χ0n) is 17.0. The smallest absolute Gasteiger partial charge is 0.243 e. The van der Waals surface area contributed by atoms with Crippen LogP contribution in [0.5, 0.6) is 0 Å². The van der Waals surface area contributed by atoms with Gasteiger partial charge in [0.15, 0.2) is 5.96 Å². The third-order valence-electron chi connectivity index (χ3n) is 4.73. The Labute approximate surface area is 184 Å². The number of benzene rings is 1. The lowest BCUT2D eigenvalue weighted by atomic mass is 9.95. The standard InChI is InChI=1S/C20H31FN4O2.HI/c1-4-27-13-7-12-22-19(23-14-18(26)25(2)3)24-15-20(10-11-20)16-8-5-6-9-17(16)21;/h5-6,8-9H,4,7,10-15H2,1-3H3,(H2,22,23,24);1H. The van der Waals surface area contributed by atoms with E-state index in [0.717, 1.165) is 24.8 Å². The average molecular weight is 506 g/mol. The third kappa shape index (κ3) is 7.54. The molecule has 1 aliphatic carbocycles. The highest BCUT2D eigenvalue weighted by molar-refractivity contribution is 14.0. The molecule has 1 saturated carbocycles. The van der Waals surface area contributed by atoms with Gasteiger partial charge in [-0.2, -0.15) is 0 Å². The van der Waals surface area contributed by atoms with Crippen LogP contribution >= 0.6 is 24.0 Å². The van der Waals surface area contributed by atoms with Gasteiger partial charge in [-0.05, 0) is 37.8 Å². The van der Waals surface area contributed by atoms with Crippen molar-refractivity contribution in [2.24, 2.45) is 4.99 Å². The average Bonchev–Trinajstić information content (AvgIpc) is 3.44. The molecule has 1 amide bonds. The molecule has 0 heterocycles. The molecule has 8 heteroatoms. The van der Waals surface area contributed by atoms with Gasteiger partial charge >= 0.3 is 0 Å². The van der Waals surface area contributed by atoms with Crippen LogP contribution in [-0.2, 0) is 14.9 Å². The van der Waals surface area contributed by atoms with E-state index in [1.165, 1.54) is 11.0 Å². The van der Waals surface area contributed by atoms with Crippen LogP contribution in [0.4, 0.5) is 4.39 Å². The van der Waals surface area contributed by atoms with E-state index < -0.39 is 0 Å². The zero-order chi connectivity index (χ0) is 19.7. The second-order valence-corrected chi connectivity index (χ2v) is 7.04. The predicted octanol–water partition coefficient (Wildman–Crippen LogP) is 2.53. The van der Waals surface area contributed by atoms with Gasteiger partial charge in [-0.1, -0.05) is 18.2 Å². The van der Waals surface area contributed by atoms with Gasteiger partial charge in [0, 0.05) is 45.8 Å². The van der Waals surface area contributed by atoms with Crippen molar-refractivity contribution in [1.29, 1.82) is 0 Å². The second-order valence-electron chi connectivity index (χ2n) is 7.04. The molecule has 158 valence electrons. The Bertz CT molecular complexity index is 651. The normalized spacial score (nSPS) is 14.8. The Morgan fingerprint density at radius 3 is 2.61 bits per heavy atom. The number of nitrogens with zero attached hydrogens (tertiary/aromatic N) is 2. The lowest BCUT2D eigenvalue weighted by Gasteiger charge is -2.20. The van der Waals surface area contributed by atoms with Crippen molar-refractivity contribution in [3.05, 3.63) is 35.6 Å². The van der Waals surface area contributed by atoms with E-state index in [1.54, 1.807) is 20.2 Å². The molecule has 6 nitrogen and oxygen atoms in total. The number of carbonyl (C=O) groups is 1. The van der Waals surface area contributed by atoms with Crippen LogP contribution in [0.15, 0.2) is 29.3 Å². The largest absolute Gasteiger partial charge is 0.382 e. The van der Waals surface area contributed by atoms with Crippen LogP contribution in [0, 0.1) is 5.82 Å². The molecule has 1 aromatic rings. The molecule has 0 bridgehead atoms. The molecule has 2 N–H and O–H groups in total. The summed E-state index contributed by atoms with van der Waals surface area (Å²) in [5.41, 5.74) is 0.558. The molecule has 0 radical (unpaired) electrons. The SMILES string of the molecule is CCOCCCNC(=NCC(=O)N(C)C)NCC1(c2ccccc2F)CC1.I. The maximum atomic E-state index is 14.2. The molecule has 28 heavy (non-hydrogen) atoms. The van der Waals surface area contributed by atoms with E-state index in [0.29, 0.717) is 32.3 Å². The highest BCUT2D eigenvalue weighted by Gasteiger charge is 2.45. The van der Waals surface area contributed by atoms with Crippen molar-refractivity contribution in [1.82, 2.24) is 15.5 Å². The van der Waals surface area contributed by atoms with Gasteiger partial charge in [-0.15, -0.1) is 24.0 Å². The van der Waals surface area contributed by atoms with E-state index in [4.69, 9.17) is 4.74 Å². The second kappa shape index (κ2) is 12.2. The van der Waals surface area contributed by atoms with Gasteiger partial charge in [-0.3, -0.25) is 4.79 Å². The van der Waals surface area contributed by atoms with E-state index in [1.807, 2.05) is 19.1 Å². The number of amides is 1. The summed E-state index contributed by atoms with van der Waals surface area (Å²) in [5.74, 6) is 0.340. The molecule has 1 aromatic carbocycles. The van der Waals surface area contributed by atoms with Gasteiger partial charge in [0.2, 0.25) is 5.91 Å². The van der Waals surface area contributed by atoms with Gasteiger partial charge in [0.05, 0.1) is 0 Å². The summed E-state index contributed by atoms with van der Waals surface area (Å²) in [4.78, 5) is 17.7. The molecule has 0 aromatic heterocycles. The van der Waals surface area contributed by atoms with Crippen LogP contribution in [-0.4, -0.2) is 63.7 Å². The number of halogens is 2. The Hall–Kier alpha value is -1.42. The number of rotatable bonds is 10. The minimum absolute atomic E-state index is 0. The van der Waals surface area contributed by atoms with E-state index in [9.17, 15) is 9.18 Å². The lowest BCUT2D eigenvalue weighted by molar-refractivity contribution is -0.127. The van der Waals surface area contributed by atoms with Gasteiger partial charge < -0.3 is 20.3 Å². The number of hydrogen-bond donors (Lipinski definition) is 2. The summed E-state index contributed by atoms with van der Waals surface area (Å²) in [6.07, 6.45) is 2.72. The van der Waals surface area contributed by atoms with Gasteiger partial charge in [-0.25, -0.2) is 9.38 Å². The zero-order valence-corrected chi connectivity index (χ0v) is 19.3. The molecular weight excluding hydrogens is 474 g/mol. The molecule has 0 atom stereocenters. The van der Waals surface area contributed by atoms with Crippen molar-refractivity contribution in [3.8, 4) is 0 Å². The molecule has 2 rings (SSSR count). The third-order valence-corrected chi connectivity index (χ3v) is 4.73. The summed E-state index contributed by atoms with van der Waals surface area (Å²) >= 11 is 0. The van der Waals surface area contributed by atoms with Crippen LogP contribution in [0.25, 0.3) is 0 Å². The van der Waals surface area contributed by atoms with Crippen LogP contribution in [0.1, 0.15) is 31.7 Å². The van der Waals surface area contributed by atoms with Crippen LogP contribution < -0.4 is 10.6 Å². The van der Waals surface area contributed by atoms with Gasteiger partial charge in [0.25, 0.3) is 0 Å². The first-order chi connectivity index (χ1) is 13.0. The van der Waals surface area contributed by atoms with E-state index in [2.05, 4.69) is 15.6 Å². The van der Waals surface area contributed by atoms with Crippen molar-refractivity contribution < 1.29 is 13.9 Å². The van der Waals surface area contributed by atoms with Crippen LogP contribution in [0.3, 0.4) is 0 Å². The highest BCUT2D eigenvalue weighted by atomic mass is 127. The number of aliphatic imine (C=N–C) groups is 1. The predicted molar refractivity (Wildman–Crippen MR) is 121 cm³/mol. The van der Waals surface area contributed by atoms with Gasteiger partial charge in [0.1, 0.15) is 12.4 Å². The number of guanidine groups is 1. The fourth-order valence-electron chi connectivity index (χ4n) is 2.82. The van der Waals surface area contributed by atoms with Crippen molar-refractivity contribution in [2.45, 2.75) is 31.6 Å². The number of ether oxygens (including phenoxy) is 1. The van der Waals surface area contributed by atoms with Crippen molar-refractivity contribution >= 4 is 35.8 Å². The number of likely N-dealkylation sites (N-methyl/N-ethyl adjacent to an activating group) is 1. The van der Waals surface area contributed by atoms with Crippen LogP contribution in [0.2, 0.25) is 0 Å². The first-order valence-corrected chi connectivity index (χ1v) is 9.53. The topological polar surface area (TPSA) is 66.0 Å². The maximum Gasteiger partial charge on any atom is 0.243 e. The first kappa shape index (κ1) is 24.6. The summed E-state index contributed by atoms with van der Waals surface area (Å²) in [6.45, 7) is 4.68. The monoisotopic (exact) mass is 506 g/mol. The first-order valence-electron chi connectivity index (χ1n) is 9.53. The maximum absolute atomic E-state index is 14.2. The summed E-state index contributed by atoms with van der Waals surface area (Å²) < 4.78 is 19.5. The molecule has 0 unspecified atom stereocenters. The fraction of sp³-hybridized carbons (Fsp3) is 0.600. The van der Waals surface area contributed by atoms with Crippen molar-refractivity contribution in [2.75, 3.05) is 46.9 Å². The van der Waals surface area contributed by atoms with E-state index in [-0.39, 0.29) is 47.7 Å². The Morgan fingerprint density at radius 2 is 2.00 bits per heavy atom.